The van der Waals surface area contributed by atoms with Gasteiger partial charge in [0.25, 0.3) is 0 Å². The predicted molar refractivity (Wildman–Crippen MR) is 58.8 cm³/mol. The van der Waals surface area contributed by atoms with Gasteiger partial charge in [0, 0.05) is 12.2 Å². The van der Waals surface area contributed by atoms with Crippen LogP contribution in [0.3, 0.4) is 0 Å². The molecule has 0 spiro atoms. The normalized spacial score (nSPS) is 7.38. The maximum absolute atomic E-state index is 9.55. The van der Waals surface area contributed by atoms with E-state index in [4.69, 9.17) is 10.2 Å². The van der Waals surface area contributed by atoms with Crippen LogP contribution in [0.5, 0.6) is 0 Å². The molecule has 0 aliphatic rings. The number of hydrogen-bond acceptors (Lipinski definition) is 4. The fourth-order valence-corrected chi connectivity index (χ4v) is 0.143. The highest BCUT2D eigenvalue weighted by atomic mass is 16.5. The van der Waals surface area contributed by atoms with Crippen LogP contribution in [0.1, 0.15) is 0 Å². The largest absolute Gasteiger partial charge is 0.505 e. The first-order valence-corrected chi connectivity index (χ1v) is 3.87. The highest BCUT2D eigenvalue weighted by Crippen LogP contribution is 1.70. The van der Waals surface area contributed by atoms with Crippen LogP contribution >= 0.6 is 0 Å². The van der Waals surface area contributed by atoms with Crippen molar-refractivity contribution in [2.45, 2.75) is 0 Å². The summed E-state index contributed by atoms with van der Waals surface area (Å²) >= 11 is 0. The molecule has 0 heterocycles. The summed E-state index contributed by atoms with van der Waals surface area (Å²) in [6.07, 6.45) is 3.87. The quantitative estimate of drug-likeness (QED) is 0.560. The minimum Gasteiger partial charge on any atom is -0.505 e. The van der Waals surface area contributed by atoms with E-state index in [1.807, 2.05) is 0 Å². The number of carbonyl (C=O) groups is 2. The minimum atomic E-state index is -1.26. The Kier molecular flexibility index (Phi) is 22.4. The van der Waals surface area contributed by atoms with Gasteiger partial charge in [-0.1, -0.05) is 13.2 Å². The average molecular weight is 232 g/mol. The van der Waals surface area contributed by atoms with E-state index in [2.05, 4.69) is 22.6 Å². The SMILES string of the molecule is C=COC.C=COC.O=C(O)/C=C\C(=O)O. The topological polar surface area (TPSA) is 93.1 Å². The van der Waals surface area contributed by atoms with Gasteiger partial charge in [-0.05, 0) is 0 Å². The number of rotatable bonds is 4. The summed E-state index contributed by atoms with van der Waals surface area (Å²) < 4.78 is 8.61. The van der Waals surface area contributed by atoms with E-state index in [0.29, 0.717) is 12.2 Å². The molecule has 0 unspecified atom stereocenters. The predicted octanol–water partition coefficient (Wildman–Crippen LogP) is 1.26. The van der Waals surface area contributed by atoms with Crippen molar-refractivity contribution in [3.05, 3.63) is 37.8 Å². The van der Waals surface area contributed by atoms with Crippen LogP contribution in [0.2, 0.25) is 0 Å². The van der Waals surface area contributed by atoms with Crippen molar-refractivity contribution < 1.29 is 29.3 Å². The maximum atomic E-state index is 9.55. The van der Waals surface area contributed by atoms with E-state index in [0.717, 1.165) is 0 Å². The fourth-order valence-electron chi connectivity index (χ4n) is 0.143. The molecule has 6 nitrogen and oxygen atoms in total. The third kappa shape index (κ3) is 60.1. The second-order valence-corrected chi connectivity index (χ2v) is 1.81. The van der Waals surface area contributed by atoms with Gasteiger partial charge in [0.15, 0.2) is 0 Å². The van der Waals surface area contributed by atoms with E-state index in [-0.39, 0.29) is 0 Å². The van der Waals surface area contributed by atoms with Gasteiger partial charge >= 0.3 is 11.9 Å². The first kappa shape index (κ1) is 19.4. The molecule has 0 aromatic carbocycles. The van der Waals surface area contributed by atoms with Crippen molar-refractivity contribution in [2.24, 2.45) is 0 Å². The van der Waals surface area contributed by atoms with E-state index in [1.165, 1.54) is 12.5 Å². The number of aliphatic carboxylic acids is 2. The maximum Gasteiger partial charge on any atom is 0.328 e. The zero-order valence-electron chi connectivity index (χ0n) is 9.25. The smallest absolute Gasteiger partial charge is 0.328 e. The molecule has 16 heavy (non-hydrogen) atoms. The Hall–Kier alpha value is -2.24. The molecular formula is C10H16O6. The lowest BCUT2D eigenvalue weighted by molar-refractivity contribution is -0.134. The lowest BCUT2D eigenvalue weighted by Gasteiger charge is -1.74. The molecule has 2 N–H and O–H groups in total. The summed E-state index contributed by atoms with van der Waals surface area (Å²) in [6, 6.07) is 0. The second-order valence-electron chi connectivity index (χ2n) is 1.81. The fraction of sp³-hybridized carbons (Fsp3) is 0.200. The Morgan fingerprint density at radius 1 is 0.938 bits per heavy atom. The zero-order valence-corrected chi connectivity index (χ0v) is 9.25. The third-order valence-corrected chi connectivity index (χ3v) is 0.702. The Balaban J connectivity index is -0.000000179. The molecule has 0 amide bonds. The van der Waals surface area contributed by atoms with Crippen LogP contribution in [-0.2, 0) is 19.1 Å². The van der Waals surface area contributed by atoms with Gasteiger partial charge in [-0.25, -0.2) is 9.59 Å². The molecule has 0 aliphatic carbocycles. The summed E-state index contributed by atoms with van der Waals surface area (Å²) in [4.78, 5) is 19.1. The summed E-state index contributed by atoms with van der Waals surface area (Å²) in [6.45, 7) is 6.51. The van der Waals surface area contributed by atoms with E-state index >= 15 is 0 Å². The first-order chi connectivity index (χ1) is 7.45. The van der Waals surface area contributed by atoms with Crippen LogP contribution in [0.15, 0.2) is 37.8 Å². The molecule has 0 fully saturated rings. The van der Waals surface area contributed by atoms with E-state index in [9.17, 15) is 9.59 Å². The summed E-state index contributed by atoms with van der Waals surface area (Å²) in [7, 11) is 3.12. The molecule has 0 aromatic rings. The van der Waals surface area contributed by atoms with Crippen LogP contribution in [0.4, 0.5) is 0 Å². The third-order valence-electron chi connectivity index (χ3n) is 0.702. The molecule has 92 valence electrons. The minimum absolute atomic E-state index is 0.558. The number of ether oxygens (including phenoxy) is 2. The number of carboxylic acid groups (broad SMARTS) is 2. The van der Waals surface area contributed by atoms with Crippen molar-refractivity contribution >= 4 is 11.9 Å². The van der Waals surface area contributed by atoms with E-state index in [1.54, 1.807) is 14.2 Å². The molecule has 0 bridgehead atoms. The van der Waals surface area contributed by atoms with Gasteiger partial charge in [0.05, 0.1) is 26.7 Å². The summed E-state index contributed by atoms with van der Waals surface area (Å²) in [5, 5.41) is 15.6. The van der Waals surface area contributed by atoms with Crippen LogP contribution < -0.4 is 0 Å². The molecule has 6 heteroatoms. The molecule has 0 saturated heterocycles. The molecule has 0 aliphatic heterocycles. The lowest BCUT2D eigenvalue weighted by Crippen LogP contribution is -1.91. The standard InChI is InChI=1S/C4H4O4.2C3H6O/c5-3(6)1-2-4(7)8;2*1-3-4-2/h1-2H,(H,5,6)(H,7,8);2*3H,1H2,2H3/b2-1-;;. The van der Waals surface area contributed by atoms with Gasteiger partial charge in [-0.2, -0.15) is 0 Å². The van der Waals surface area contributed by atoms with Gasteiger partial charge in [-0.15, -0.1) is 0 Å². The van der Waals surface area contributed by atoms with Crippen molar-refractivity contribution in [3.8, 4) is 0 Å². The van der Waals surface area contributed by atoms with Gasteiger partial charge in [0.1, 0.15) is 0 Å². The van der Waals surface area contributed by atoms with Crippen molar-refractivity contribution in [3.63, 3.8) is 0 Å². The lowest BCUT2D eigenvalue weighted by atomic mass is 10.5. The van der Waals surface area contributed by atoms with Gasteiger partial charge < -0.3 is 19.7 Å². The van der Waals surface area contributed by atoms with Crippen molar-refractivity contribution in [1.29, 1.82) is 0 Å². The highest BCUT2D eigenvalue weighted by molar-refractivity contribution is 5.89. The first-order valence-electron chi connectivity index (χ1n) is 3.87. The van der Waals surface area contributed by atoms with Crippen LogP contribution in [-0.4, -0.2) is 36.4 Å². The Morgan fingerprint density at radius 2 is 1.12 bits per heavy atom. The van der Waals surface area contributed by atoms with Gasteiger partial charge in [0.2, 0.25) is 0 Å². The van der Waals surface area contributed by atoms with Crippen LogP contribution in [0, 0.1) is 0 Å². The van der Waals surface area contributed by atoms with Crippen molar-refractivity contribution in [1.82, 2.24) is 0 Å². The Bertz CT molecular complexity index is 207. The highest BCUT2D eigenvalue weighted by Gasteiger charge is 1.88. The summed E-state index contributed by atoms with van der Waals surface area (Å²) in [5.74, 6) is -2.51. The van der Waals surface area contributed by atoms with E-state index < -0.39 is 11.9 Å². The molecule has 0 aromatic heterocycles. The average Bonchev–Trinajstić information content (AvgIpc) is 2.27. The molecule has 0 rings (SSSR count). The number of methoxy groups -OCH3 is 2. The van der Waals surface area contributed by atoms with Crippen LogP contribution in [0.25, 0.3) is 0 Å². The molecule has 0 atom stereocenters. The van der Waals surface area contributed by atoms with Gasteiger partial charge in [-0.3, -0.25) is 0 Å². The molecule has 0 saturated carbocycles. The van der Waals surface area contributed by atoms with Crippen molar-refractivity contribution in [2.75, 3.05) is 14.2 Å². The number of carboxylic acids is 2. The second kappa shape index (κ2) is 18.5. The molecular weight excluding hydrogens is 216 g/mol. The Labute approximate surface area is 94.1 Å². The zero-order chi connectivity index (χ0) is 13.4. The number of hydrogen-bond donors (Lipinski definition) is 2. The molecule has 0 radical (unpaired) electrons. The summed E-state index contributed by atoms with van der Waals surface area (Å²) in [5.41, 5.74) is 0. The Morgan fingerprint density at radius 3 is 1.19 bits per heavy atom. The monoisotopic (exact) mass is 232 g/mol.